The van der Waals surface area contributed by atoms with E-state index in [-0.39, 0.29) is 24.2 Å². The number of aryl methyl sites for hydroxylation is 1. The van der Waals surface area contributed by atoms with Gasteiger partial charge >= 0.3 is 0 Å². The third-order valence-electron chi connectivity index (χ3n) is 6.66. The molecular formula is C28H29N5O2. The van der Waals surface area contributed by atoms with Crippen molar-refractivity contribution in [2.24, 2.45) is 5.92 Å². The Morgan fingerprint density at radius 1 is 1.09 bits per heavy atom. The quantitative estimate of drug-likeness (QED) is 0.425. The Bertz CT molecular complexity index is 1420. The van der Waals surface area contributed by atoms with E-state index in [0.717, 1.165) is 33.6 Å². The molecule has 7 heteroatoms. The Labute approximate surface area is 204 Å². The van der Waals surface area contributed by atoms with Gasteiger partial charge in [0.25, 0.3) is 0 Å². The molecule has 5 rings (SSSR count). The number of H-pyrrole nitrogens is 1. The van der Waals surface area contributed by atoms with Crippen LogP contribution in [0.15, 0.2) is 54.9 Å². The van der Waals surface area contributed by atoms with Gasteiger partial charge in [-0.15, -0.1) is 0 Å². The molecule has 0 spiro atoms. The molecule has 1 aliphatic heterocycles. The smallest absolute Gasteiger partial charge is 0.230 e. The van der Waals surface area contributed by atoms with Gasteiger partial charge in [0.1, 0.15) is 5.82 Å². The van der Waals surface area contributed by atoms with Crippen LogP contribution in [0.5, 0.6) is 0 Å². The van der Waals surface area contributed by atoms with Gasteiger partial charge in [0, 0.05) is 60.1 Å². The van der Waals surface area contributed by atoms with Crippen LogP contribution in [0, 0.1) is 12.8 Å². The Morgan fingerprint density at radius 2 is 1.89 bits per heavy atom. The first-order valence-corrected chi connectivity index (χ1v) is 11.9. The molecule has 178 valence electrons. The number of aromatic nitrogens is 3. The van der Waals surface area contributed by atoms with Crippen LogP contribution in [0.3, 0.4) is 0 Å². The number of pyridine rings is 2. The maximum Gasteiger partial charge on any atom is 0.230 e. The predicted molar refractivity (Wildman–Crippen MR) is 138 cm³/mol. The number of carbonyl (C=O) groups is 2. The molecular weight excluding hydrogens is 438 g/mol. The average molecular weight is 468 g/mol. The Balaban J connectivity index is 1.42. The van der Waals surface area contributed by atoms with Crippen molar-refractivity contribution in [3.8, 4) is 22.4 Å². The fraction of sp³-hybridized carbons (Fsp3) is 0.286. The van der Waals surface area contributed by atoms with Crippen LogP contribution < -0.4 is 5.32 Å². The molecule has 0 saturated carbocycles. The van der Waals surface area contributed by atoms with Crippen LogP contribution in [0.4, 0.5) is 5.82 Å². The molecule has 35 heavy (non-hydrogen) atoms. The molecule has 1 saturated heterocycles. The van der Waals surface area contributed by atoms with Gasteiger partial charge < -0.3 is 15.2 Å². The van der Waals surface area contributed by atoms with Gasteiger partial charge in [-0.2, -0.15) is 0 Å². The first kappa shape index (κ1) is 22.8. The largest absolute Gasteiger partial charge is 0.354 e. The van der Waals surface area contributed by atoms with Gasteiger partial charge in [-0.3, -0.25) is 14.6 Å². The van der Waals surface area contributed by atoms with Crippen molar-refractivity contribution >= 4 is 28.5 Å². The first-order chi connectivity index (χ1) is 16.8. The zero-order chi connectivity index (χ0) is 24.7. The van der Waals surface area contributed by atoms with E-state index in [0.29, 0.717) is 18.3 Å². The van der Waals surface area contributed by atoms with Gasteiger partial charge in [-0.25, -0.2) is 4.98 Å². The molecule has 1 aliphatic rings. The van der Waals surface area contributed by atoms with Crippen molar-refractivity contribution in [2.75, 3.05) is 18.9 Å². The summed E-state index contributed by atoms with van der Waals surface area (Å²) < 4.78 is 0. The SMILES string of the molecule is Cc1cc(-c2[nH]c3ccc(-c4ccc(NC(=O)C5CC(=O)N(C)C5)nc4)cc3c2C(C)C)ccn1. The topological polar surface area (TPSA) is 91.0 Å². The van der Waals surface area contributed by atoms with Crippen molar-refractivity contribution in [1.82, 2.24) is 19.9 Å². The average Bonchev–Trinajstić information content (AvgIpc) is 3.39. The molecule has 2 amide bonds. The summed E-state index contributed by atoms with van der Waals surface area (Å²) in [4.78, 5) is 38.2. The summed E-state index contributed by atoms with van der Waals surface area (Å²) in [5, 5.41) is 4.03. The fourth-order valence-electron chi connectivity index (χ4n) is 4.83. The highest BCUT2D eigenvalue weighted by Crippen LogP contribution is 2.37. The number of nitrogens with one attached hydrogen (secondary N) is 2. The Kier molecular flexibility index (Phi) is 5.84. The third kappa shape index (κ3) is 4.41. The lowest BCUT2D eigenvalue weighted by atomic mass is 9.94. The van der Waals surface area contributed by atoms with Crippen molar-refractivity contribution in [3.63, 3.8) is 0 Å². The number of anilines is 1. The lowest BCUT2D eigenvalue weighted by molar-refractivity contribution is -0.127. The van der Waals surface area contributed by atoms with Crippen molar-refractivity contribution < 1.29 is 9.59 Å². The van der Waals surface area contributed by atoms with E-state index in [1.165, 1.54) is 10.9 Å². The van der Waals surface area contributed by atoms with Crippen LogP contribution in [-0.2, 0) is 9.59 Å². The summed E-state index contributed by atoms with van der Waals surface area (Å²) in [7, 11) is 1.72. The Hall–Kier alpha value is -4.00. The number of carbonyl (C=O) groups excluding carboxylic acids is 2. The highest BCUT2D eigenvalue weighted by Gasteiger charge is 2.32. The number of amides is 2. The third-order valence-corrected chi connectivity index (χ3v) is 6.66. The maximum absolute atomic E-state index is 12.5. The molecule has 1 unspecified atom stereocenters. The van der Waals surface area contributed by atoms with Crippen LogP contribution in [0.25, 0.3) is 33.3 Å². The molecule has 0 bridgehead atoms. The molecule has 3 aromatic heterocycles. The first-order valence-electron chi connectivity index (χ1n) is 11.9. The van der Waals surface area contributed by atoms with E-state index in [2.05, 4.69) is 58.4 Å². The van der Waals surface area contributed by atoms with Gasteiger partial charge in [-0.1, -0.05) is 19.9 Å². The van der Waals surface area contributed by atoms with Gasteiger partial charge in [0.15, 0.2) is 0 Å². The number of hydrogen-bond acceptors (Lipinski definition) is 4. The zero-order valence-corrected chi connectivity index (χ0v) is 20.4. The number of benzene rings is 1. The number of aromatic amines is 1. The van der Waals surface area contributed by atoms with Gasteiger partial charge in [-0.05, 0) is 60.4 Å². The lowest BCUT2D eigenvalue weighted by Crippen LogP contribution is -2.26. The van der Waals surface area contributed by atoms with Crippen LogP contribution in [-0.4, -0.2) is 45.3 Å². The second kappa shape index (κ2) is 8.98. The summed E-state index contributed by atoms with van der Waals surface area (Å²) in [5.41, 5.74) is 7.65. The highest BCUT2D eigenvalue weighted by molar-refractivity contribution is 5.97. The number of likely N-dealkylation sites (tertiary alicyclic amines) is 1. The van der Waals surface area contributed by atoms with Crippen molar-refractivity contribution in [2.45, 2.75) is 33.1 Å². The Morgan fingerprint density at radius 3 is 2.54 bits per heavy atom. The minimum Gasteiger partial charge on any atom is -0.354 e. The standard InChI is InChI=1S/C28H29N5O2/c1-16(2)26-22-12-18(5-7-23(22)31-27(26)19-9-10-29-17(3)11-19)20-6-8-24(30-14-20)32-28(35)21-13-25(34)33(4)15-21/h5-12,14,16,21,31H,13,15H2,1-4H3,(H,30,32,35). The number of fused-ring (bicyclic) bond motifs is 1. The van der Waals surface area contributed by atoms with Crippen molar-refractivity contribution in [1.29, 1.82) is 0 Å². The molecule has 0 aliphatic carbocycles. The van der Waals surface area contributed by atoms with Gasteiger partial charge in [0.2, 0.25) is 11.8 Å². The van der Waals surface area contributed by atoms with E-state index < -0.39 is 0 Å². The molecule has 1 aromatic carbocycles. The maximum atomic E-state index is 12.5. The fourth-order valence-corrected chi connectivity index (χ4v) is 4.83. The summed E-state index contributed by atoms with van der Waals surface area (Å²) in [6.45, 7) is 6.87. The monoisotopic (exact) mass is 467 g/mol. The number of hydrogen-bond donors (Lipinski definition) is 2. The number of nitrogens with zero attached hydrogens (tertiary/aromatic N) is 3. The normalized spacial score (nSPS) is 15.9. The van der Waals surface area contributed by atoms with Crippen LogP contribution in [0.2, 0.25) is 0 Å². The summed E-state index contributed by atoms with van der Waals surface area (Å²) in [5.74, 6) is 0.313. The molecule has 0 radical (unpaired) electrons. The van der Waals surface area contributed by atoms with E-state index in [1.807, 2.05) is 31.3 Å². The summed E-state index contributed by atoms with van der Waals surface area (Å²) in [6, 6.07) is 14.3. The summed E-state index contributed by atoms with van der Waals surface area (Å²) in [6.07, 6.45) is 3.87. The highest BCUT2D eigenvalue weighted by atomic mass is 16.2. The molecule has 4 aromatic rings. The van der Waals surface area contributed by atoms with E-state index in [4.69, 9.17) is 0 Å². The van der Waals surface area contributed by atoms with Gasteiger partial charge in [0.05, 0.1) is 11.6 Å². The van der Waals surface area contributed by atoms with Crippen LogP contribution >= 0.6 is 0 Å². The number of rotatable bonds is 5. The lowest BCUT2D eigenvalue weighted by Gasteiger charge is -2.11. The molecule has 1 fully saturated rings. The van der Waals surface area contributed by atoms with Crippen LogP contribution in [0.1, 0.15) is 37.4 Å². The van der Waals surface area contributed by atoms with Crippen molar-refractivity contribution in [3.05, 3.63) is 66.1 Å². The molecule has 2 N–H and O–H groups in total. The predicted octanol–water partition coefficient (Wildman–Crippen LogP) is 5.14. The van der Waals surface area contributed by atoms with E-state index >= 15 is 0 Å². The minimum atomic E-state index is -0.335. The second-order valence-corrected chi connectivity index (χ2v) is 9.61. The minimum absolute atomic E-state index is 0.00315. The summed E-state index contributed by atoms with van der Waals surface area (Å²) >= 11 is 0. The zero-order valence-electron chi connectivity index (χ0n) is 20.4. The molecule has 1 atom stereocenters. The van der Waals surface area contributed by atoms with E-state index in [1.54, 1.807) is 18.1 Å². The van der Waals surface area contributed by atoms with E-state index in [9.17, 15) is 9.59 Å². The second-order valence-electron chi connectivity index (χ2n) is 9.61. The molecule has 4 heterocycles. The molecule has 7 nitrogen and oxygen atoms in total.